The molecule has 0 aliphatic heterocycles. The topological polar surface area (TPSA) is 17.1 Å². The molecule has 1 aromatic rings. The first kappa shape index (κ1) is 16.7. The number of Topliss-reactive ketones (excluding diaryl/α,β-unsaturated/α-hetero) is 1. The van der Waals surface area contributed by atoms with E-state index in [1.807, 2.05) is 0 Å². The van der Waals surface area contributed by atoms with Gasteiger partial charge in [0.25, 0.3) is 0 Å². The summed E-state index contributed by atoms with van der Waals surface area (Å²) in [5, 5.41) is 0. The smallest absolute Gasteiger partial charge is 0.140 e. The molecule has 21 heavy (non-hydrogen) atoms. The minimum atomic E-state index is -0.274. The van der Waals surface area contributed by atoms with E-state index in [1.54, 1.807) is 6.07 Å². The molecule has 0 aromatic heterocycles. The highest BCUT2D eigenvalue weighted by atomic mass is 79.9. The third kappa shape index (κ3) is 4.91. The Hall–Kier alpha value is -0.700. The average Bonchev–Trinajstić information content (AvgIpc) is 2.49. The molecule has 1 fully saturated rings. The van der Waals surface area contributed by atoms with Crippen LogP contribution in [0.1, 0.15) is 57.4 Å². The fourth-order valence-corrected chi connectivity index (χ4v) is 3.66. The zero-order chi connectivity index (χ0) is 15.2. The number of hydrogen-bond donors (Lipinski definition) is 0. The second-order valence-electron chi connectivity index (χ2n) is 6.24. The summed E-state index contributed by atoms with van der Waals surface area (Å²) in [6.07, 6.45) is 8.61. The van der Waals surface area contributed by atoms with Crippen molar-refractivity contribution in [2.24, 2.45) is 11.8 Å². The van der Waals surface area contributed by atoms with Crippen molar-refractivity contribution in [3.63, 3.8) is 0 Å². The number of benzene rings is 1. The third-order valence-electron chi connectivity index (χ3n) is 4.64. The maximum atomic E-state index is 13.3. The lowest BCUT2D eigenvalue weighted by Gasteiger charge is -2.27. The number of halogens is 2. The Bertz CT molecular complexity index is 478. The summed E-state index contributed by atoms with van der Waals surface area (Å²) in [4.78, 5) is 12.4. The molecule has 3 heteroatoms. The maximum Gasteiger partial charge on any atom is 0.140 e. The fourth-order valence-electron chi connectivity index (χ4n) is 3.28. The fraction of sp³-hybridized carbons (Fsp3) is 0.611. The summed E-state index contributed by atoms with van der Waals surface area (Å²) < 4.78 is 14.1. The van der Waals surface area contributed by atoms with E-state index in [-0.39, 0.29) is 17.5 Å². The molecular weight excluding hydrogens is 331 g/mol. The molecule has 1 aromatic carbocycles. The van der Waals surface area contributed by atoms with Gasteiger partial charge in [0.05, 0.1) is 0 Å². The molecule has 1 nitrogen and oxygen atoms in total. The predicted octanol–water partition coefficient (Wildman–Crippen LogP) is 5.70. The van der Waals surface area contributed by atoms with E-state index < -0.39 is 0 Å². The van der Waals surface area contributed by atoms with Crippen LogP contribution in [0.2, 0.25) is 0 Å². The van der Waals surface area contributed by atoms with Crippen LogP contribution in [-0.4, -0.2) is 5.78 Å². The van der Waals surface area contributed by atoms with Crippen LogP contribution in [0.3, 0.4) is 0 Å². The van der Waals surface area contributed by atoms with Crippen molar-refractivity contribution < 1.29 is 9.18 Å². The molecule has 0 atom stereocenters. The first-order valence-electron chi connectivity index (χ1n) is 8.06. The van der Waals surface area contributed by atoms with Crippen molar-refractivity contribution >= 4 is 21.7 Å². The molecule has 0 bridgehead atoms. The highest BCUT2D eigenvalue weighted by molar-refractivity contribution is 9.10. The van der Waals surface area contributed by atoms with Crippen LogP contribution in [0.15, 0.2) is 22.7 Å². The molecule has 1 aliphatic rings. The molecule has 0 spiro atoms. The van der Waals surface area contributed by atoms with E-state index in [9.17, 15) is 9.18 Å². The van der Waals surface area contributed by atoms with E-state index in [0.29, 0.717) is 6.42 Å². The van der Waals surface area contributed by atoms with Crippen LogP contribution < -0.4 is 0 Å². The van der Waals surface area contributed by atoms with Crippen molar-refractivity contribution in [2.75, 3.05) is 0 Å². The van der Waals surface area contributed by atoms with Gasteiger partial charge in [-0.15, -0.1) is 0 Å². The Morgan fingerprint density at radius 3 is 2.67 bits per heavy atom. The maximum absolute atomic E-state index is 13.3. The summed E-state index contributed by atoms with van der Waals surface area (Å²) >= 11 is 3.40. The van der Waals surface area contributed by atoms with Gasteiger partial charge in [0.2, 0.25) is 0 Å². The standard InChI is InChI=1S/C18H24BrFO/c1-2-3-4-13-5-7-14(8-6-13)18(21)12-15-11-16(20)9-10-17(15)19/h9-11,13-14H,2-8,12H2,1H3. The van der Waals surface area contributed by atoms with Gasteiger partial charge >= 0.3 is 0 Å². The Labute approximate surface area is 135 Å². The van der Waals surface area contributed by atoms with E-state index in [0.717, 1.165) is 28.8 Å². The number of rotatable bonds is 6. The van der Waals surface area contributed by atoms with Crippen LogP contribution in [0.4, 0.5) is 4.39 Å². The van der Waals surface area contributed by atoms with Gasteiger partial charge in [0, 0.05) is 16.8 Å². The van der Waals surface area contributed by atoms with Crippen molar-refractivity contribution in [1.82, 2.24) is 0 Å². The van der Waals surface area contributed by atoms with E-state index in [4.69, 9.17) is 0 Å². The largest absolute Gasteiger partial charge is 0.299 e. The van der Waals surface area contributed by atoms with Crippen molar-refractivity contribution in [2.45, 2.75) is 58.3 Å². The van der Waals surface area contributed by atoms with Gasteiger partial charge in [-0.05, 0) is 55.4 Å². The van der Waals surface area contributed by atoms with Gasteiger partial charge in [0.15, 0.2) is 0 Å². The Balaban J connectivity index is 1.86. The molecule has 1 aliphatic carbocycles. The van der Waals surface area contributed by atoms with Crippen molar-refractivity contribution in [1.29, 1.82) is 0 Å². The number of unbranched alkanes of at least 4 members (excludes halogenated alkanes) is 1. The summed E-state index contributed by atoms with van der Waals surface area (Å²) in [7, 11) is 0. The molecular formula is C18H24BrFO. The minimum absolute atomic E-state index is 0.179. The van der Waals surface area contributed by atoms with Crippen LogP contribution >= 0.6 is 15.9 Å². The Kier molecular flexibility index (Phi) is 6.40. The molecule has 1 saturated carbocycles. The summed E-state index contributed by atoms with van der Waals surface area (Å²) in [5.74, 6) is 0.993. The van der Waals surface area contributed by atoms with Gasteiger partial charge in [-0.2, -0.15) is 0 Å². The molecule has 0 heterocycles. The lowest BCUT2D eigenvalue weighted by atomic mass is 9.77. The van der Waals surface area contributed by atoms with Crippen molar-refractivity contribution in [3.8, 4) is 0 Å². The minimum Gasteiger partial charge on any atom is -0.299 e. The lowest BCUT2D eigenvalue weighted by Crippen LogP contribution is -2.23. The number of carbonyl (C=O) groups is 1. The summed E-state index contributed by atoms with van der Waals surface area (Å²) in [5.41, 5.74) is 0.771. The molecule has 0 N–H and O–H groups in total. The molecule has 0 amide bonds. The van der Waals surface area contributed by atoms with Gasteiger partial charge in [-0.1, -0.05) is 42.1 Å². The highest BCUT2D eigenvalue weighted by Crippen LogP contribution is 2.33. The monoisotopic (exact) mass is 354 g/mol. The zero-order valence-corrected chi connectivity index (χ0v) is 14.3. The summed E-state index contributed by atoms with van der Waals surface area (Å²) in [6, 6.07) is 4.56. The van der Waals surface area contributed by atoms with Crippen molar-refractivity contribution in [3.05, 3.63) is 34.1 Å². The zero-order valence-electron chi connectivity index (χ0n) is 12.7. The molecule has 2 rings (SSSR count). The number of carbonyl (C=O) groups excluding carboxylic acids is 1. The Morgan fingerprint density at radius 1 is 1.29 bits per heavy atom. The predicted molar refractivity (Wildman–Crippen MR) is 87.8 cm³/mol. The molecule has 0 radical (unpaired) electrons. The van der Waals surface area contributed by atoms with Crippen LogP contribution in [0.25, 0.3) is 0 Å². The van der Waals surface area contributed by atoms with Gasteiger partial charge in [0.1, 0.15) is 11.6 Å². The highest BCUT2D eigenvalue weighted by Gasteiger charge is 2.26. The first-order chi connectivity index (χ1) is 10.1. The van der Waals surface area contributed by atoms with Gasteiger partial charge < -0.3 is 0 Å². The van der Waals surface area contributed by atoms with E-state index in [1.165, 1.54) is 44.2 Å². The normalized spacial score (nSPS) is 22.2. The third-order valence-corrected chi connectivity index (χ3v) is 5.41. The van der Waals surface area contributed by atoms with E-state index >= 15 is 0 Å². The Morgan fingerprint density at radius 2 is 2.00 bits per heavy atom. The quantitative estimate of drug-likeness (QED) is 0.640. The molecule has 0 saturated heterocycles. The second kappa shape index (κ2) is 8.07. The molecule has 116 valence electrons. The summed E-state index contributed by atoms with van der Waals surface area (Å²) in [6.45, 7) is 2.23. The number of ketones is 1. The van der Waals surface area contributed by atoms with Crippen LogP contribution in [-0.2, 0) is 11.2 Å². The van der Waals surface area contributed by atoms with Gasteiger partial charge in [-0.3, -0.25) is 4.79 Å². The van der Waals surface area contributed by atoms with Gasteiger partial charge in [-0.25, -0.2) is 4.39 Å². The molecule has 0 unspecified atom stereocenters. The SMILES string of the molecule is CCCCC1CCC(C(=O)Cc2cc(F)ccc2Br)CC1. The second-order valence-corrected chi connectivity index (χ2v) is 7.09. The number of hydrogen-bond acceptors (Lipinski definition) is 1. The average molecular weight is 355 g/mol. The first-order valence-corrected chi connectivity index (χ1v) is 8.86. The lowest BCUT2D eigenvalue weighted by molar-refractivity contribution is -0.123. The van der Waals surface area contributed by atoms with Crippen LogP contribution in [0, 0.1) is 17.7 Å². The van der Waals surface area contributed by atoms with E-state index in [2.05, 4.69) is 22.9 Å². The van der Waals surface area contributed by atoms with Crippen LogP contribution in [0.5, 0.6) is 0 Å².